The molecule has 11 nitrogen and oxygen atoms in total. The fraction of sp³-hybridized carbons (Fsp3) is 0.619. The highest BCUT2D eigenvalue weighted by molar-refractivity contribution is 7.89. The van der Waals surface area contributed by atoms with Gasteiger partial charge >= 0.3 is 5.97 Å². The summed E-state index contributed by atoms with van der Waals surface area (Å²) in [5, 5.41) is 10.1. The summed E-state index contributed by atoms with van der Waals surface area (Å²) in [5.41, 5.74) is 0. The number of amides is 1. The standard InChI is InChI=1S/C21H28N2O9S/c1-13-9-22(10-14(2)32-13)20(25)12-31-21(26)17-7-15(24)11-23(17)33(27,28)16-3-4-18-19(8-16)30-6-5-29-18/h3-4,8,13-15,17,24H,5-7,9-12H2,1-2H3/t13-,14+,15-,17+/m1/s1. The van der Waals surface area contributed by atoms with Crippen LogP contribution in [-0.2, 0) is 29.1 Å². The Morgan fingerprint density at radius 1 is 1.09 bits per heavy atom. The molecule has 0 unspecified atom stereocenters. The number of nitrogens with zero attached hydrogens (tertiary/aromatic N) is 2. The molecule has 1 aromatic carbocycles. The van der Waals surface area contributed by atoms with Crippen LogP contribution >= 0.6 is 0 Å². The molecular formula is C21H28N2O9S. The number of hydrogen-bond donors (Lipinski definition) is 1. The summed E-state index contributed by atoms with van der Waals surface area (Å²) < 4.78 is 49.1. The number of ether oxygens (including phenoxy) is 4. The first-order valence-corrected chi connectivity index (χ1v) is 12.3. The second-order valence-electron chi connectivity index (χ2n) is 8.45. The molecule has 0 bridgehead atoms. The van der Waals surface area contributed by atoms with Gasteiger partial charge in [-0.2, -0.15) is 4.31 Å². The van der Waals surface area contributed by atoms with E-state index in [1.165, 1.54) is 18.2 Å². The largest absolute Gasteiger partial charge is 0.486 e. The van der Waals surface area contributed by atoms with Crippen LogP contribution in [0.25, 0.3) is 0 Å². The number of carbonyl (C=O) groups excluding carboxylic acids is 2. The number of esters is 1. The van der Waals surface area contributed by atoms with Gasteiger partial charge in [0, 0.05) is 32.1 Å². The van der Waals surface area contributed by atoms with Gasteiger partial charge < -0.3 is 29.0 Å². The average Bonchev–Trinajstić information content (AvgIpc) is 3.19. The van der Waals surface area contributed by atoms with Crippen molar-refractivity contribution < 1.29 is 42.1 Å². The fourth-order valence-electron chi connectivity index (χ4n) is 4.29. The van der Waals surface area contributed by atoms with Gasteiger partial charge in [0.05, 0.1) is 23.2 Å². The summed E-state index contributed by atoms with van der Waals surface area (Å²) in [6.07, 6.45) is -1.43. The van der Waals surface area contributed by atoms with E-state index in [0.29, 0.717) is 37.8 Å². The van der Waals surface area contributed by atoms with E-state index in [2.05, 4.69) is 0 Å². The highest BCUT2D eigenvalue weighted by Crippen LogP contribution is 2.35. The van der Waals surface area contributed by atoms with Gasteiger partial charge in [-0.3, -0.25) is 9.59 Å². The van der Waals surface area contributed by atoms with Gasteiger partial charge in [-0.1, -0.05) is 0 Å². The zero-order valence-electron chi connectivity index (χ0n) is 18.5. The van der Waals surface area contributed by atoms with Crippen LogP contribution in [-0.4, -0.2) is 98.4 Å². The number of rotatable bonds is 5. The first-order chi connectivity index (χ1) is 15.6. The van der Waals surface area contributed by atoms with Gasteiger partial charge in [-0.05, 0) is 26.0 Å². The first kappa shape index (κ1) is 23.7. The van der Waals surface area contributed by atoms with Crippen LogP contribution < -0.4 is 9.47 Å². The van der Waals surface area contributed by atoms with Crippen LogP contribution in [0.5, 0.6) is 11.5 Å². The van der Waals surface area contributed by atoms with Gasteiger partial charge in [0.2, 0.25) is 10.0 Å². The molecule has 0 aromatic heterocycles. The molecule has 1 N–H and O–H groups in total. The van der Waals surface area contributed by atoms with E-state index in [-0.39, 0.29) is 36.0 Å². The van der Waals surface area contributed by atoms with Crippen molar-refractivity contribution in [3.05, 3.63) is 18.2 Å². The molecule has 33 heavy (non-hydrogen) atoms. The number of fused-ring (bicyclic) bond motifs is 1. The Kier molecular flexibility index (Phi) is 6.80. The third kappa shape index (κ3) is 5.08. The summed E-state index contributed by atoms with van der Waals surface area (Å²) in [5.74, 6) is -0.538. The Morgan fingerprint density at radius 3 is 2.45 bits per heavy atom. The maximum atomic E-state index is 13.3. The van der Waals surface area contributed by atoms with E-state index in [0.717, 1.165) is 4.31 Å². The third-order valence-electron chi connectivity index (χ3n) is 5.74. The molecule has 2 fully saturated rings. The van der Waals surface area contributed by atoms with Gasteiger partial charge in [-0.15, -0.1) is 0 Å². The van der Waals surface area contributed by atoms with Crippen LogP contribution in [0.3, 0.4) is 0 Å². The number of aliphatic hydroxyl groups is 1. The van der Waals surface area contributed by atoms with Crippen LogP contribution in [0.15, 0.2) is 23.1 Å². The van der Waals surface area contributed by atoms with Crippen molar-refractivity contribution in [1.82, 2.24) is 9.21 Å². The molecule has 3 aliphatic heterocycles. The summed E-state index contributed by atoms with van der Waals surface area (Å²) in [6.45, 7) is 4.35. The average molecular weight is 485 g/mol. The molecule has 0 radical (unpaired) electrons. The topological polar surface area (TPSA) is 132 Å². The van der Waals surface area contributed by atoms with Crippen LogP contribution in [0.1, 0.15) is 20.3 Å². The lowest BCUT2D eigenvalue weighted by molar-refractivity contribution is -0.159. The predicted molar refractivity (Wildman–Crippen MR) is 113 cm³/mol. The lowest BCUT2D eigenvalue weighted by Gasteiger charge is -2.35. The Bertz CT molecular complexity index is 1000. The van der Waals surface area contributed by atoms with Gasteiger partial charge in [0.1, 0.15) is 19.3 Å². The van der Waals surface area contributed by atoms with Gasteiger partial charge in [0.15, 0.2) is 18.1 Å². The number of aliphatic hydroxyl groups excluding tert-OH is 1. The smallest absolute Gasteiger partial charge is 0.325 e. The highest BCUT2D eigenvalue weighted by atomic mass is 32.2. The molecule has 12 heteroatoms. The third-order valence-corrected chi connectivity index (χ3v) is 7.61. The fourth-order valence-corrected chi connectivity index (χ4v) is 5.93. The Labute approximate surface area is 192 Å². The first-order valence-electron chi connectivity index (χ1n) is 10.8. The summed E-state index contributed by atoms with van der Waals surface area (Å²) >= 11 is 0. The van der Waals surface area contributed by atoms with Gasteiger partial charge in [-0.25, -0.2) is 8.42 Å². The normalized spacial score (nSPS) is 27.9. The zero-order chi connectivity index (χ0) is 23.8. The lowest BCUT2D eigenvalue weighted by atomic mass is 10.2. The minimum absolute atomic E-state index is 0.0916. The van der Waals surface area contributed by atoms with Crippen LogP contribution in [0, 0.1) is 0 Å². The lowest BCUT2D eigenvalue weighted by Crippen LogP contribution is -2.50. The van der Waals surface area contributed by atoms with Crippen molar-refractivity contribution in [1.29, 1.82) is 0 Å². The number of sulfonamides is 1. The van der Waals surface area contributed by atoms with E-state index in [1.807, 2.05) is 13.8 Å². The predicted octanol–water partition coefficient (Wildman–Crippen LogP) is -0.239. The number of β-amino-alcohol motifs (C(OH)–C–C–N with tert-alkyl or cyclic N) is 1. The summed E-state index contributed by atoms with van der Waals surface area (Å²) in [6, 6.07) is 2.94. The Morgan fingerprint density at radius 2 is 1.76 bits per heavy atom. The minimum Gasteiger partial charge on any atom is -0.486 e. The number of benzene rings is 1. The maximum Gasteiger partial charge on any atom is 0.325 e. The molecule has 3 heterocycles. The second kappa shape index (κ2) is 9.45. The minimum atomic E-state index is -4.15. The van der Waals surface area contributed by atoms with E-state index in [4.69, 9.17) is 18.9 Å². The van der Waals surface area contributed by atoms with Crippen molar-refractivity contribution in [2.24, 2.45) is 0 Å². The number of morpholine rings is 1. The Hall–Kier alpha value is -2.41. The Balaban J connectivity index is 1.44. The van der Waals surface area contributed by atoms with Crippen molar-refractivity contribution >= 4 is 21.9 Å². The molecule has 0 spiro atoms. The molecule has 2 saturated heterocycles. The molecule has 182 valence electrons. The monoisotopic (exact) mass is 484 g/mol. The molecule has 4 rings (SSSR count). The quantitative estimate of drug-likeness (QED) is 0.563. The SMILES string of the molecule is C[C@@H]1CN(C(=O)COC(=O)[C@@H]2C[C@@H](O)CN2S(=O)(=O)c2ccc3c(c2)OCCO3)C[C@H](C)O1. The van der Waals surface area contributed by atoms with Crippen LogP contribution in [0.2, 0.25) is 0 Å². The summed E-state index contributed by atoms with van der Waals surface area (Å²) in [7, 11) is -4.15. The van der Waals surface area contributed by atoms with Crippen LogP contribution in [0.4, 0.5) is 0 Å². The highest BCUT2D eigenvalue weighted by Gasteiger charge is 2.45. The molecule has 0 saturated carbocycles. The van der Waals surface area contributed by atoms with E-state index in [9.17, 15) is 23.1 Å². The molecule has 1 amide bonds. The second-order valence-corrected chi connectivity index (χ2v) is 10.3. The molecule has 3 aliphatic rings. The van der Waals surface area contributed by atoms with Crippen molar-refractivity contribution in [3.8, 4) is 11.5 Å². The molecule has 0 aliphatic carbocycles. The van der Waals surface area contributed by atoms with Crippen molar-refractivity contribution in [2.75, 3.05) is 39.5 Å². The van der Waals surface area contributed by atoms with E-state index < -0.39 is 34.7 Å². The van der Waals surface area contributed by atoms with Crippen molar-refractivity contribution in [3.63, 3.8) is 0 Å². The summed E-state index contributed by atoms with van der Waals surface area (Å²) in [4.78, 5) is 26.7. The van der Waals surface area contributed by atoms with E-state index >= 15 is 0 Å². The zero-order valence-corrected chi connectivity index (χ0v) is 19.3. The van der Waals surface area contributed by atoms with Crippen molar-refractivity contribution in [2.45, 2.75) is 49.5 Å². The molecule has 4 atom stereocenters. The molecule has 1 aromatic rings. The van der Waals surface area contributed by atoms with E-state index in [1.54, 1.807) is 4.90 Å². The number of hydrogen-bond acceptors (Lipinski definition) is 9. The maximum absolute atomic E-state index is 13.3. The number of carbonyl (C=O) groups is 2. The van der Waals surface area contributed by atoms with Gasteiger partial charge in [0.25, 0.3) is 5.91 Å². The molecular weight excluding hydrogens is 456 g/mol.